The average molecular weight is 188 g/mol. The molecular weight excluding hydrogens is 175 g/mol. The van der Waals surface area contributed by atoms with Crippen LogP contribution < -0.4 is 34.8 Å². The normalized spacial score (nSPS) is 10.9. The minimum atomic E-state index is 0. The van der Waals surface area contributed by atoms with Crippen molar-refractivity contribution >= 4 is 12.0 Å². The van der Waals surface area contributed by atoms with E-state index in [9.17, 15) is 5.26 Å². The topological polar surface area (TPSA) is 41.5 Å². The molecule has 0 radical (unpaired) electrons. The third-order valence-electron chi connectivity index (χ3n) is 1.76. The molecule has 0 aliphatic heterocycles. The van der Waals surface area contributed by atoms with Crippen molar-refractivity contribution in [1.29, 1.82) is 0 Å². The summed E-state index contributed by atoms with van der Waals surface area (Å²) in [5, 5.41) is 12.7. The summed E-state index contributed by atoms with van der Waals surface area (Å²) in [6, 6.07) is 0. The molecule has 0 amide bonds. The van der Waals surface area contributed by atoms with Crippen molar-refractivity contribution in [1.82, 2.24) is 0 Å². The van der Waals surface area contributed by atoms with E-state index in [0.29, 0.717) is 0 Å². The molecule has 3 nitrogen and oxygen atoms in total. The largest absolute Gasteiger partial charge is 1.00 e. The van der Waals surface area contributed by atoms with Crippen molar-refractivity contribution in [2.45, 2.75) is 38.4 Å². The fourth-order valence-electron chi connectivity index (χ4n) is 0.464. The van der Waals surface area contributed by atoms with Gasteiger partial charge in [-0.15, -0.1) is 0 Å². The van der Waals surface area contributed by atoms with Crippen molar-refractivity contribution in [3.05, 3.63) is 0 Å². The number of rotatable bonds is 5. The van der Waals surface area contributed by atoms with Crippen molar-refractivity contribution in [2.75, 3.05) is 0 Å². The molecular formula is C6H13NaO3S. The molecule has 0 atom stereocenters. The van der Waals surface area contributed by atoms with Gasteiger partial charge in [-0.05, 0) is 19.8 Å². The second kappa shape index (κ2) is 7.86. The van der Waals surface area contributed by atoms with Gasteiger partial charge < -0.3 is 5.26 Å². The monoisotopic (exact) mass is 188 g/mol. The zero-order valence-electron chi connectivity index (χ0n) is 7.55. The SMILES string of the molecule is CCC(C)(CC)SOO[O-].[Na+]. The van der Waals surface area contributed by atoms with Crippen LogP contribution in [0.15, 0.2) is 0 Å². The van der Waals surface area contributed by atoms with Crippen molar-refractivity contribution in [2.24, 2.45) is 0 Å². The van der Waals surface area contributed by atoms with Gasteiger partial charge in [-0.2, -0.15) is 4.33 Å². The van der Waals surface area contributed by atoms with Gasteiger partial charge in [0.15, 0.2) is 0 Å². The van der Waals surface area contributed by atoms with E-state index in [1.807, 2.05) is 20.8 Å². The molecule has 0 bridgehead atoms. The fraction of sp³-hybridized carbons (Fsp3) is 1.00. The molecule has 0 N–H and O–H groups in total. The standard InChI is InChI=1S/C6H14O3S.Na/c1-4-6(3,5-2)10-9-8-7;/h7H,4-5H2,1-3H3;/q;+1/p-1. The zero-order chi connectivity index (χ0) is 8.04. The molecule has 0 saturated heterocycles. The van der Waals surface area contributed by atoms with Gasteiger partial charge in [-0.1, -0.05) is 13.8 Å². The summed E-state index contributed by atoms with van der Waals surface area (Å²) >= 11 is 1.09. The van der Waals surface area contributed by atoms with E-state index in [1.54, 1.807) is 0 Å². The molecule has 0 aromatic heterocycles. The Kier molecular flexibility index (Phi) is 10.5. The van der Waals surface area contributed by atoms with Gasteiger partial charge in [0, 0.05) is 16.8 Å². The van der Waals surface area contributed by atoms with E-state index in [-0.39, 0.29) is 34.3 Å². The molecule has 0 rings (SSSR count). The first-order chi connectivity index (χ1) is 4.68. The smallest absolute Gasteiger partial charge is 0.691 e. The molecule has 0 heterocycles. The van der Waals surface area contributed by atoms with Crippen LogP contribution in [0.3, 0.4) is 0 Å². The molecule has 11 heavy (non-hydrogen) atoms. The maximum Gasteiger partial charge on any atom is 1.00 e. The fourth-order valence-corrected chi connectivity index (χ4v) is 0.892. The van der Waals surface area contributed by atoms with E-state index < -0.39 is 0 Å². The molecule has 0 aliphatic carbocycles. The Morgan fingerprint density at radius 1 is 1.36 bits per heavy atom. The summed E-state index contributed by atoms with van der Waals surface area (Å²) in [6.45, 7) is 6.12. The van der Waals surface area contributed by atoms with E-state index in [2.05, 4.69) is 9.37 Å². The Labute approximate surface area is 94.2 Å². The average Bonchev–Trinajstić information content (AvgIpc) is 2.00. The van der Waals surface area contributed by atoms with E-state index in [4.69, 9.17) is 0 Å². The summed E-state index contributed by atoms with van der Waals surface area (Å²) in [5.41, 5.74) is 0. The van der Waals surface area contributed by atoms with E-state index in [1.165, 1.54) is 0 Å². The van der Waals surface area contributed by atoms with Crippen molar-refractivity contribution in [3.8, 4) is 0 Å². The molecule has 0 aliphatic rings. The molecule has 0 aromatic carbocycles. The predicted molar refractivity (Wildman–Crippen MR) is 38.7 cm³/mol. The van der Waals surface area contributed by atoms with Crippen LogP contribution >= 0.6 is 12.0 Å². The molecule has 0 fully saturated rings. The van der Waals surface area contributed by atoms with Crippen LogP contribution in [0, 0.1) is 0 Å². The zero-order valence-corrected chi connectivity index (χ0v) is 10.4. The Morgan fingerprint density at radius 2 is 1.82 bits per heavy atom. The summed E-state index contributed by atoms with van der Waals surface area (Å²) in [6.07, 6.45) is 1.91. The van der Waals surface area contributed by atoms with Crippen LogP contribution in [0.25, 0.3) is 0 Å². The molecule has 0 saturated carbocycles. The third-order valence-corrected chi connectivity index (χ3v) is 2.86. The van der Waals surface area contributed by atoms with Crippen molar-refractivity contribution in [3.63, 3.8) is 0 Å². The Bertz CT molecular complexity index is 87.9. The summed E-state index contributed by atoms with van der Waals surface area (Å²) in [4.78, 5) is 0. The summed E-state index contributed by atoms with van der Waals surface area (Å²) in [7, 11) is 0. The summed E-state index contributed by atoms with van der Waals surface area (Å²) in [5.74, 6) is 0. The Morgan fingerprint density at radius 3 is 2.09 bits per heavy atom. The van der Waals surface area contributed by atoms with Gasteiger partial charge >= 0.3 is 29.6 Å². The van der Waals surface area contributed by atoms with E-state index >= 15 is 0 Å². The van der Waals surface area contributed by atoms with Crippen LogP contribution in [0.2, 0.25) is 0 Å². The van der Waals surface area contributed by atoms with Crippen molar-refractivity contribution < 1.29 is 44.2 Å². The van der Waals surface area contributed by atoms with Gasteiger partial charge in [0.1, 0.15) is 0 Å². The second-order valence-corrected chi connectivity index (χ2v) is 3.66. The maximum atomic E-state index is 9.47. The molecule has 0 aromatic rings. The van der Waals surface area contributed by atoms with Gasteiger partial charge in [0.05, 0.1) is 0 Å². The van der Waals surface area contributed by atoms with Crippen LogP contribution in [0.4, 0.5) is 0 Å². The van der Waals surface area contributed by atoms with Gasteiger partial charge in [-0.3, -0.25) is 5.04 Å². The minimum Gasteiger partial charge on any atom is -0.691 e. The van der Waals surface area contributed by atoms with Gasteiger partial charge in [0.2, 0.25) is 0 Å². The quantitative estimate of drug-likeness (QED) is 0.226. The maximum absolute atomic E-state index is 9.47. The van der Waals surface area contributed by atoms with Gasteiger partial charge in [-0.25, -0.2) is 0 Å². The van der Waals surface area contributed by atoms with Crippen LogP contribution in [0.1, 0.15) is 33.6 Å². The van der Waals surface area contributed by atoms with Gasteiger partial charge in [0.25, 0.3) is 0 Å². The number of hydrogen-bond acceptors (Lipinski definition) is 4. The first-order valence-electron chi connectivity index (χ1n) is 3.33. The minimum absolute atomic E-state index is 0. The molecule has 0 unspecified atom stereocenters. The Balaban J connectivity index is 0. The molecule has 62 valence electrons. The second-order valence-electron chi connectivity index (χ2n) is 2.38. The Hall–Kier alpha value is 1.23. The van der Waals surface area contributed by atoms with Crippen LogP contribution in [-0.4, -0.2) is 4.75 Å². The van der Waals surface area contributed by atoms with Crippen LogP contribution in [-0.2, 0) is 9.37 Å². The third kappa shape index (κ3) is 6.40. The molecule has 0 spiro atoms. The number of hydrogen-bond donors (Lipinski definition) is 0. The molecule has 5 heteroatoms. The summed E-state index contributed by atoms with van der Waals surface area (Å²) < 4.78 is 4.25. The predicted octanol–water partition coefficient (Wildman–Crippen LogP) is -1.56. The van der Waals surface area contributed by atoms with Crippen LogP contribution in [0.5, 0.6) is 0 Å². The first kappa shape index (κ1) is 14.7. The van der Waals surface area contributed by atoms with E-state index in [0.717, 1.165) is 24.9 Å². The first-order valence-corrected chi connectivity index (χ1v) is 4.07.